The van der Waals surface area contributed by atoms with Crippen LogP contribution < -0.4 is 5.73 Å². The van der Waals surface area contributed by atoms with Crippen molar-refractivity contribution in [1.29, 1.82) is 0 Å². The van der Waals surface area contributed by atoms with Crippen LogP contribution in [0.1, 0.15) is 13.8 Å². The number of hydrogen-bond acceptors (Lipinski definition) is 4. The van der Waals surface area contributed by atoms with Crippen molar-refractivity contribution in [2.45, 2.75) is 19.9 Å². The van der Waals surface area contributed by atoms with Gasteiger partial charge < -0.3 is 10.6 Å². The smallest absolute Gasteiger partial charge is 0.0113 e. The third-order valence-corrected chi connectivity index (χ3v) is 3.45. The Balaban J connectivity index is 2.21. The van der Waals surface area contributed by atoms with Crippen molar-refractivity contribution in [2.75, 3.05) is 59.4 Å². The summed E-state index contributed by atoms with van der Waals surface area (Å²) >= 11 is 0. The summed E-state index contributed by atoms with van der Waals surface area (Å²) in [5.74, 6) is 0. The summed E-state index contributed by atoms with van der Waals surface area (Å²) in [7, 11) is 2.20. The number of piperazine rings is 1. The van der Waals surface area contributed by atoms with Gasteiger partial charge in [0.15, 0.2) is 0 Å². The average Bonchev–Trinajstić information content (AvgIpc) is 2.26. The predicted octanol–water partition coefficient (Wildman–Crippen LogP) is -0.0971. The Bertz CT molecular complexity index is 176. The molecule has 1 heterocycles. The van der Waals surface area contributed by atoms with Gasteiger partial charge in [-0.3, -0.25) is 9.80 Å². The summed E-state index contributed by atoms with van der Waals surface area (Å²) in [5.41, 5.74) is 5.63. The lowest BCUT2D eigenvalue weighted by molar-refractivity contribution is 0.127. The van der Waals surface area contributed by atoms with E-state index in [2.05, 4.69) is 35.6 Å². The van der Waals surface area contributed by atoms with Crippen LogP contribution in [0.3, 0.4) is 0 Å². The zero-order valence-electron chi connectivity index (χ0n) is 11.2. The molecule has 1 fully saturated rings. The highest BCUT2D eigenvalue weighted by Crippen LogP contribution is 2.01. The minimum atomic E-state index is 0.607. The molecule has 4 nitrogen and oxygen atoms in total. The van der Waals surface area contributed by atoms with Crippen molar-refractivity contribution in [1.82, 2.24) is 14.7 Å². The molecule has 0 saturated carbocycles. The van der Waals surface area contributed by atoms with Gasteiger partial charge in [0.2, 0.25) is 0 Å². The van der Waals surface area contributed by atoms with E-state index in [1.54, 1.807) is 0 Å². The predicted molar refractivity (Wildman–Crippen MR) is 69.7 cm³/mol. The molecule has 1 aliphatic heterocycles. The summed E-state index contributed by atoms with van der Waals surface area (Å²) in [4.78, 5) is 7.43. The second-order valence-corrected chi connectivity index (χ2v) is 5.06. The molecule has 0 aromatic rings. The molecule has 0 atom stereocenters. The second kappa shape index (κ2) is 7.22. The Kier molecular flexibility index (Phi) is 6.28. The average molecular weight is 228 g/mol. The van der Waals surface area contributed by atoms with Crippen molar-refractivity contribution in [3.8, 4) is 0 Å². The Morgan fingerprint density at radius 1 is 1.12 bits per heavy atom. The summed E-state index contributed by atoms with van der Waals surface area (Å²) in [6.07, 6.45) is 0. The fraction of sp³-hybridized carbons (Fsp3) is 1.00. The molecular formula is C12H28N4. The van der Waals surface area contributed by atoms with Crippen molar-refractivity contribution < 1.29 is 0 Å². The summed E-state index contributed by atoms with van der Waals surface area (Å²) in [6, 6.07) is 0.607. The number of nitrogens with two attached hydrogens (primary N) is 1. The molecule has 4 heteroatoms. The number of nitrogens with zero attached hydrogens (tertiary/aromatic N) is 3. The van der Waals surface area contributed by atoms with Crippen LogP contribution in [-0.4, -0.2) is 80.1 Å². The zero-order valence-corrected chi connectivity index (χ0v) is 11.2. The topological polar surface area (TPSA) is 35.7 Å². The Morgan fingerprint density at radius 3 is 2.25 bits per heavy atom. The van der Waals surface area contributed by atoms with Gasteiger partial charge in [0.1, 0.15) is 0 Å². The first kappa shape index (κ1) is 13.9. The van der Waals surface area contributed by atoms with E-state index in [4.69, 9.17) is 5.73 Å². The van der Waals surface area contributed by atoms with Gasteiger partial charge in [-0.25, -0.2) is 0 Å². The maximum absolute atomic E-state index is 5.63. The molecule has 0 bridgehead atoms. The van der Waals surface area contributed by atoms with Crippen molar-refractivity contribution >= 4 is 0 Å². The molecule has 2 N–H and O–H groups in total. The van der Waals surface area contributed by atoms with Gasteiger partial charge >= 0.3 is 0 Å². The van der Waals surface area contributed by atoms with E-state index >= 15 is 0 Å². The van der Waals surface area contributed by atoms with Crippen LogP contribution in [0.2, 0.25) is 0 Å². The van der Waals surface area contributed by atoms with Crippen LogP contribution in [0.5, 0.6) is 0 Å². The molecule has 0 radical (unpaired) electrons. The lowest BCUT2D eigenvalue weighted by atomic mass is 10.3. The van der Waals surface area contributed by atoms with Crippen molar-refractivity contribution in [3.05, 3.63) is 0 Å². The van der Waals surface area contributed by atoms with Crippen LogP contribution in [0, 0.1) is 0 Å². The lowest BCUT2D eigenvalue weighted by Crippen LogP contribution is -2.48. The fourth-order valence-electron chi connectivity index (χ4n) is 2.14. The van der Waals surface area contributed by atoms with Gasteiger partial charge in [-0.05, 0) is 20.9 Å². The third kappa shape index (κ3) is 4.78. The molecule has 16 heavy (non-hydrogen) atoms. The molecule has 0 unspecified atom stereocenters. The highest BCUT2D eigenvalue weighted by Gasteiger charge is 2.15. The molecule has 0 spiro atoms. The van der Waals surface area contributed by atoms with Crippen LogP contribution in [0.25, 0.3) is 0 Å². The molecule has 96 valence electrons. The molecule has 1 saturated heterocycles. The third-order valence-electron chi connectivity index (χ3n) is 3.45. The number of hydrogen-bond donors (Lipinski definition) is 1. The first-order valence-corrected chi connectivity index (χ1v) is 6.48. The van der Waals surface area contributed by atoms with Crippen LogP contribution in [0.15, 0.2) is 0 Å². The van der Waals surface area contributed by atoms with Crippen LogP contribution in [-0.2, 0) is 0 Å². The van der Waals surface area contributed by atoms with Crippen molar-refractivity contribution in [2.24, 2.45) is 5.73 Å². The van der Waals surface area contributed by atoms with E-state index in [-0.39, 0.29) is 0 Å². The van der Waals surface area contributed by atoms with Gasteiger partial charge in [0, 0.05) is 58.4 Å². The van der Waals surface area contributed by atoms with E-state index in [0.29, 0.717) is 6.04 Å². The quantitative estimate of drug-likeness (QED) is 0.689. The van der Waals surface area contributed by atoms with Crippen molar-refractivity contribution in [3.63, 3.8) is 0 Å². The maximum atomic E-state index is 5.63. The minimum absolute atomic E-state index is 0.607. The lowest BCUT2D eigenvalue weighted by Gasteiger charge is -2.34. The maximum Gasteiger partial charge on any atom is 0.0113 e. The highest BCUT2D eigenvalue weighted by atomic mass is 15.3. The molecule has 1 aliphatic rings. The van der Waals surface area contributed by atoms with Crippen LogP contribution in [0.4, 0.5) is 0 Å². The normalized spacial score (nSPS) is 19.9. The van der Waals surface area contributed by atoms with E-state index in [9.17, 15) is 0 Å². The first-order valence-electron chi connectivity index (χ1n) is 6.48. The zero-order chi connectivity index (χ0) is 12.0. The first-order chi connectivity index (χ1) is 7.63. The van der Waals surface area contributed by atoms with E-state index in [0.717, 1.165) is 19.6 Å². The van der Waals surface area contributed by atoms with Gasteiger partial charge in [0.05, 0.1) is 0 Å². The largest absolute Gasteiger partial charge is 0.329 e. The van der Waals surface area contributed by atoms with Crippen LogP contribution >= 0.6 is 0 Å². The van der Waals surface area contributed by atoms with Gasteiger partial charge in [0.25, 0.3) is 0 Å². The van der Waals surface area contributed by atoms with Gasteiger partial charge in [-0.2, -0.15) is 0 Å². The Morgan fingerprint density at radius 2 is 1.75 bits per heavy atom. The van der Waals surface area contributed by atoms with E-state index < -0.39 is 0 Å². The second-order valence-electron chi connectivity index (χ2n) is 5.06. The highest BCUT2D eigenvalue weighted by molar-refractivity contribution is 4.72. The summed E-state index contributed by atoms with van der Waals surface area (Å²) in [6.45, 7) is 13.5. The monoisotopic (exact) mass is 228 g/mol. The molecule has 0 aliphatic carbocycles. The Hall–Kier alpha value is -0.160. The van der Waals surface area contributed by atoms with Gasteiger partial charge in [-0.1, -0.05) is 0 Å². The Labute approximate surface area is 100 Å². The number of likely N-dealkylation sites (N-methyl/N-ethyl adjacent to an activating group) is 1. The summed E-state index contributed by atoms with van der Waals surface area (Å²) in [5, 5.41) is 0. The standard InChI is InChI=1S/C12H28N4/c1-12(2)16(5-4-13)11-10-15-8-6-14(3)7-9-15/h12H,4-11,13H2,1-3H3. The summed E-state index contributed by atoms with van der Waals surface area (Å²) < 4.78 is 0. The number of rotatable bonds is 6. The minimum Gasteiger partial charge on any atom is -0.329 e. The SMILES string of the molecule is CC(C)N(CCN)CCN1CCN(C)CC1. The molecule has 0 aromatic carbocycles. The molecule has 0 amide bonds. The van der Waals surface area contributed by atoms with E-state index in [1.165, 1.54) is 32.7 Å². The fourth-order valence-corrected chi connectivity index (χ4v) is 2.14. The molecular weight excluding hydrogens is 200 g/mol. The van der Waals surface area contributed by atoms with Gasteiger partial charge in [-0.15, -0.1) is 0 Å². The van der Waals surface area contributed by atoms with E-state index in [1.807, 2.05) is 0 Å². The molecule has 1 rings (SSSR count). The molecule has 0 aromatic heterocycles.